The average molecular weight is 469 g/mol. The number of fused-ring (bicyclic) bond motifs is 1. The van der Waals surface area contributed by atoms with Gasteiger partial charge in [-0.05, 0) is 36.4 Å². The molecule has 1 saturated heterocycles. The maximum Gasteiger partial charge on any atom is 0.243 e. The number of piperidine rings is 1. The molecule has 4 rings (SSSR count). The van der Waals surface area contributed by atoms with E-state index in [1.807, 2.05) is 42.5 Å². The van der Waals surface area contributed by atoms with Crippen LogP contribution in [0.15, 0.2) is 65.6 Å². The summed E-state index contributed by atoms with van der Waals surface area (Å²) < 4.78 is 38.2. The first kappa shape index (κ1) is 23.1. The normalized spacial score (nSPS) is 15.4. The van der Waals surface area contributed by atoms with Crippen molar-refractivity contribution in [2.75, 3.05) is 39.3 Å². The number of hydrogen-bond donors (Lipinski definition) is 0. The van der Waals surface area contributed by atoms with E-state index in [9.17, 15) is 13.2 Å². The van der Waals surface area contributed by atoms with Crippen LogP contribution in [0.5, 0.6) is 11.5 Å². The minimum Gasteiger partial charge on any atom is -0.493 e. The number of benzene rings is 3. The molecular weight excluding hydrogens is 440 g/mol. The van der Waals surface area contributed by atoms with Crippen LogP contribution in [-0.2, 0) is 14.8 Å². The molecular formula is C25H28N2O5S. The molecule has 0 aromatic heterocycles. The van der Waals surface area contributed by atoms with Crippen LogP contribution in [0.4, 0.5) is 5.69 Å². The molecule has 0 unspecified atom stereocenters. The van der Waals surface area contributed by atoms with Gasteiger partial charge in [-0.25, -0.2) is 8.42 Å². The van der Waals surface area contributed by atoms with Gasteiger partial charge in [0.1, 0.15) is 0 Å². The van der Waals surface area contributed by atoms with Crippen molar-refractivity contribution in [2.24, 2.45) is 5.92 Å². The van der Waals surface area contributed by atoms with Crippen LogP contribution in [0.25, 0.3) is 10.8 Å². The summed E-state index contributed by atoms with van der Waals surface area (Å²) in [5.74, 6) is 0.609. The number of amides is 1. The number of carbonyl (C=O) groups excluding carboxylic acids is 1. The van der Waals surface area contributed by atoms with E-state index in [-0.39, 0.29) is 29.8 Å². The summed E-state index contributed by atoms with van der Waals surface area (Å²) in [5.41, 5.74) is 0.860. The Morgan fingerprint density at radius 1 is 0.939 bits per heavy atom. The molecule has 0 bridgehead atoms. The third kappa shape index (κ3) is 4.41. The molecule has 1 aliphatic heterocycles. The highest BCUT2D eigenvalue weighted by molar-refractivity contribution is 7.89. The Labute approximate surface area is 194 Å². The Hall–Kier alpha value is -3.10. The summed E-state index contributed by atoms with van der Waals surface area (Å²) in [6.45, 7) is 0.576. The Bertz CT molecular complexity index is 1260. The zero-order valence-electron chi connectivity index (χ0n) is 19.0. The molecule has 0 radical (unpaired) electrons. The standard InChI is InChI=1S/C25H28N2O5S/c1-26(22-10-6-8-18-7-4-5-9-21(18)22)25(28)19-13-15-27(16-14-19)33(29,30)20-11-12-23(31-2)24(17-20)32-3/h4-12,17,19H,13-16H2,1-3H3. The number of hydrogen-bond acceptors (Lipinski definition) is 5. The van der Waals surface area contributed by atoms with Crippen molar-refractivity contribution >= 4 is 32.4 Å². The third-order valence-corrected chi connectivity index (χ3v) is 8.15. The maximum atomic E-state index is 13.3. The first-order valence-corrected chi connectivity index (χ1v) is 12.3. The van der Waals surface area contributed by atoms with Crippen LogP contribution in [0.1, 0.15) is 12.8 Å². The van der Waals surface area contributed by atoms with Gasteiger partial charge < -0.3 is 14.4 Å². The number of anilines is 1. The van der Waals surface area contributed by atoms with Gasteiger partial charge in [-0.3, -0.25) is 4.79 Å². The summed E-state index contributed by atoms with van der Waals surface area (Å²) in [7, 11) is 1.06. The monoisotopic (exact) mass is 468 g/mol. The molecule has 0 aliphatic carbocycles. The van der Waals surface area contributed by atoms with Gasteiger partial charge >= 0.3 is 0 Å². The van der Waals surface area contributed by atoms with Gasteiger partial charge in [-0.1, -0.05) is 36.4 Å². The van der Waals surface area contributed by atoms with Crippen molar-refractivity contribution in [3.63, 3.8) is 0 Å². The van der Waals surface area contributed by atoms with Crippen LogP contribution in [0.2, 0.25) is 0 Å². The summed E-state index contributed by atoms with van der Waals surface area (Å²) >= 11 is 0. The van der Waals surface area contributed by atoms with Crippen molar-refractivity contribution in [1.82, 2.24) is 4.31 Å². The van der Waals surface area contributed by atoms with E-state index in [1.54, 1.807) is 18.0 Å². The van der Waals surface area contributed by atoms with E-state index in [4.69, 9.17) is 9.47 Å². The molecule has 3 aromatic rings. The lowest BCUT2D eigenvalue weighted by atomic mass is 9.96. The van der Waals surface area contributed by atoms with Crippen LogP contribution in [0.3, 0.4) is 0 Å². The Balaban J connectivity index is 1.47. The second-order valence-electron chi connectivity index (χ2n) is 8.09. The predicted molar refractivity (Wildman–Crippen MR) is 128 cm³/mol. The second kappa shape index (κ2) is 9.41. The fourth-order valence-corrected chi connectivity index (χ4v) is 5.85. The van der Waals surface area contributed by atoms with Gasteiger partial charge in [0.25, 0.3) is 0 Å². The molecule has 1 aliphatic rings. The molecule has 0 saturated carbocycles. The molecule has 0 spiro atoms. The minimum absolute atomic E-state index is 0.00881. The molecule has 1 amide bonds. The van der Waals surface area contributed by atoms with E-state index in [0.29, 0.717) is 24.3 Å². The van der Waals surface area contributed by atoms with Crippen LogP contribution >= 0.6 is 0 Å². The topological polar surface area (TPSA) is 76.2 Å². The summed E-state index contributed by atoms with van der Waals surface area (Å²) in [6.07, 6.45) is 0.945. The summed E-state index contributed by atoms with van der Waals surface area (Å²) in [5, 5.41) is 2.09. The molecule has 0 N–H and O–H groups in total. The zero-order valence-corrected chi connectivity index (χ0v) is 19.8. The highest BCUT2D eigenvalue weighted by Crippen LogP contribution is 2.33. The number of carbonyl (C=O) groups is 1. The van der Waals surface area contributed by atoms with Crippen molar-refractivity contribution < 1.29 is 22.7 Å². The van der Waals surface area contributed by atoms with E-state index in [0.717, 1.165) is 16.5 Å². The van der Waals surface area contributed by atoms with Crippen molar-refractivity contribution in [3.05, 3.63) is 60.7 Å². The van der Waals surface area contributed by atoms with Crippen LogP contribution in [0, 0.1) is 5.92 Å². The van der Waals surface area contributed by atoms with Gasteiger partial charge in [-0.2, -0.15) is 4.31 Å². The number of ether oxygens (including phenoxy) is 2. The molecule has 3 aromatic carbocycles. The van der Waals surface area contributed by atoms with Crippen molar-refractivity contribution in [1.29, 1.82) is 0 Å². The molecule has 8 heteroatoms. The van der Waals surface area contributed by atoms with E-state index < -0.39 is 10.0 Å². The number of rotatable bonds is 6. The SMILES string of the molecule is COc1ccc(S(=O)(=O)N2CCC(C(=O)N(C)c3cccc4ccccc34)CC2)cc1OC. The molecule has 174 valence electrons. The predicted octanol–water partition coefficient (Wildman–Crippen LogP) is 3.92. The average Bonchev–Trinajstić information content (AvgIpc) is 2.87. The number of methoxy groups -OCH3 is 2. The van der Waals surface area contributed by atoms with Crippen LogP contribution in [-0.4, -0.2) is 53.0 Å². The molecule has 1 fully saturated rings. The quantitative estimate of drug-likeness (QED) is 0.548. The van der Waals surface area contributed by atoms with Crippen LogP contribution < -0.4 is 14.4 Å². The van der Waals surface area contributed by atoms with E-state index in [2.05, 4.69) is 0 Å². The Kier molecular flexibility index (Phi) is 6.58. The summed E-state index contributed by atoms with van der Waals surface area (Å²) in [4.78, 5) is 15.1. The maximum absolute atomic E-state index is 13.3. The molecule has 0 atom stereocenters. The van der Waals surface area contributed by atoms with Gasteiger partial charge in [-0.15, -0.1) is 0 Å². The first-order chi connectivity index (χ1) is 15.9. The van der Waals surface area contributed by atoms with Gasteiger partial charge in [0.05, 0.1) is 24.8 Å². The fourth-order valence-electron chi connectivity index (χ4n) is 4.36. The van der Waals surface area contributed by atoms with E-state index >= 15 is 0 Å². The second-order valence-corrected chi connectivity index (χ2v) is 10.0. The van der Waals surface area contributed by atoms with Gasteiger partial charge in [0.15, 0.2) is 11.5 Å². The lowest BCUT2D eigenvalue weighted by molar-refractivity contribution is -0.123. The first-order valence-electron chi connectivity index (χ1n) is 10.8. The molecule has 33 heavy (non-hydrogen) atoms. The van der Waals surface area contributed by atoms with Gasteiger partial charge in [0.2, 0.25) is 15.9 Å². The number of nitrogens with zero attached hydrogens (tertiary/aromatic N) is 2. The fraction of sp³-hybridized carbons (Fsp3) is 0.320. The van der Waals surface area contributed by atoms with Gasteiger partial charge in [0, 0.05) is 37.5 Å². The Morgan fingerprint density at radius 2 is 1.61 bits per heavy atom. The summed E-state index contributed by atoms with van der Waals surface area (Å²) in [6, 6.07) is 18.4. The molecule has 1 heterocycles. The highest BCUT2D eigenvalue weighted by Gasteiger charge is 2.34. The Morgan fingerprint density at radius 3 is 2.30 bits per heavy atom. The lowest BCUT2D eigenvalue weighted by Gasteiger charge is -2.33. The highest BCUT2D eigenvalue weighted by atomic mass is 32.2. The number of sulfonamides is 1. The lowest BCUT2D eigenvalue weighted by Crippen LogP contribution is -2.43. The van der Waals surface area contributed by atoms with Crippen molar-refractivity contribution in [2.45, 2.75) is 17.7 Å². The zero-order chi connectivity index (χ0) is 23.6. The smallest absolute Gasteiger partial charge is 0.243 e. The largest absolute Gasteiger partial charge is 0.493 e. The van der Waals surface area contributed by atoms with Crippen molar-refractivity contribution in [3.8, 4) is 11.5 Å². The molecule has 7 nitrogen and oxygen atoms in total. The third-order valence-electron chi connectivity index (χ3n) is 6.25. The van der Waals surface area contributed by atoms with E-state index in [1.165, 1.54) is 30.7 Å². The minimum atomic E-state index is -3.70.